The average molecular weight is 388 g/mol. The van der Waals surface area contributed by atoms with Crippen molar-refractivity contribution in [1.82, 2.24) is 9.97 Å². The molecular formula is C22H20N4O3. The number of hydrogen-bond donors (Lipinski definition) is 3. The third-order valence-corrected chi connectivity index (χ3v) is 4.73. The standard InChI is InChI=1S/C22H20N4O3/c23-8-7-20-17(22-24-18-3-1-2-4-19(18)25-22)13-15-5-6-16(14-21(15)29-20)26(9-11-27)10-12-28/h1-7,13-14,27-28H,9-12H2,(H,24,25). The van der Waals surface area contributed by atoms with Crippen LogP contribution in [-0.2, 0) is 0 Å². The summed E-state index contributed by atoms with van der Waals surface area (Å²) in [6.45, 7) is 0.766. The molecule has 146 valence electrons. The lowest BCUT2D eigenvalue weighted by Crippen LogP contribution is -2.29. The molecular weight excluding hydrogens is 368 g/mol. The van der Waals surface area contributed by atoms with E-state index in [1.807, 2.05) is 59.5 Å². The van der Waals surface area contributed by atoms with Crippen LogP contribution in [0.4, 0.5) is 5.69 Å². The minimum Gasteiger partial charge on any atom is -0.455 e. The molecule has 0 radical (unpaired) electrons. The minimum atomic E-state index is -0.0202. The zero-order valence-electron chi connectivity index (χ0n) is 15.7. The monoisotopic (exact) mass is 388 g/mol. The smallest absolute Gasteiger partial charge is 0.148 e. The number of anilines is 1. The number of rotatable bonds is 6. The van der Waals surface area contributed by atoms with Crippen molar-refractivity contribution >= 4 is 28.4 Å². The quantitative estimate of drug-likeness (QED) is 0.561. The lowest BCUT2D eigenvalue weighted by Gasteiger charge is -2.25. The second kappa shape index (κ2) is 8.19. The number of nitrogens with zero attached hydrogens (tertiary/aromatic N) is 3. The average Bonchev–Trinajstić information content (AvgIpc) is 3.17. The highest BCUT2D eigenvalue weighted by Gasteiger charge is 2.22. The van der Waals surface area contributed by atoms with E-state index < -0.39 is 0 Å². The highest BCUT2D eigenvalue weighted by molar-refractivity contribution is 5.94. The van der Waals surface area contributed by atoms with E-state index in [4.69, 9.17) is 4.74 Å². The van der Waals surface area contributed by atoms with Gasteiger partial charge in [0.05, 0.1) is 42.0 Å². The van der Waals surface area contributed by atoms with Gasteiger partial charge in [0.25, 0.3) is 0 Å². The molecule has 1 aromatic heterocycles. The number of imidazole rings is 1. The van der Waals surface area contributed by atoms with Crippen molar-refractivity contribution in [2.45, 2.75) is 0 Å². The van der Waals surface area contributed by atoms with Crippen LogP contribution in [0.15, 0.2) is 54.3 Å². The van der Waals surface area contributed by atoms with Crippen LogP contribution >= 0.6 is 0 Å². The molecule has 29 heavy (non-hydrogen) atoms. The molecule has 0 saturated carbocycles. The SMILES string of the molecule is N#CC=C1Oc2cc(N(CCO)CCO)ccc2C=C1c1nc2ccccc2[nH]1. The molecule has 0 fully saturated rings. The van der Waals surface area contributed by atoms with Gasteiger partial charge in [0, 0.05) is 30.4 Å². The van der Waals surface area contributed by atoms with Gasteiger partial charge >= 0.3 is 0 Å². The number of allylic oxidation sites excluding steroid dienone is 2. The summed E-state index contributed by atoms with van der Waals surface area (Å²) >= 11 is 0. The van der Waals surface area contributed by atoms with Crippen LogP contribution in [0.5, 0.6) is 5.75 Å². The van der Waals surface area contributed by atoms with Gasteiger partial charge in [-0.1, -0.05) is 12.1 Å². The topological polar surface area (TPSA) is 105 Å². The normalized spacial score (nSPS) is 14.2. The minimum absolute atomic E-state index is 0.0202. The Morgan fingerprint density at radius 3 is 2.66 bits per heavy atom. The summed E-state index contributed by atoms with van der Waals surface area (Å²) in [5.41, 5.74) is 4.12. The second-order valence-electron chi connectivity index (χ2n) is 6.56. The first-order valence-corrected chi connectivity index (χ1v) is 9.29. The van der Waals surface area contributed by atoms with Crippen molar-refractivity contribution in [3.05, 3.63) is 65.7 Å². The lowest BCUT2D eigenvalue weighted by molar-refractivity contribution is 0.281. The molecule has 0 atom stereocenters. The number of nitrogens with one attached hydrogen (secondary N) is 1. The van der Waals surface area contributed by atoms with Gasteiger partial charge in [-0.3, -0.25) is 0 Å². The number of hydrogen-bond acceptors (Lipinski definition) is 6. The van der Waals surface area contributed by atoms with Crippen LogP contribution < -0.4 is 9.64 Å². The molecule has 0 saturated heterocycles. The van der Waals surface area contributed by atoms with E-state index in [1.165, 1.54) is 6.08 Å². The van der Waals surface area contributed by atoms with Gasteiger partial charge < -0.3 is 24.8 Å². The molecule has 0 spiro atoms. The summed E-state index contributed by atoms with van der Waals surface area (Å²) in [4.78, 5) is 9.76. The zero-order chi connectivity index (χ0) is 20.2. The highest BCUT2D eigenvalue weighted by Crippen LogP contribution is 2.38. The molecule has 3 aromatic rings. The van der Waals surface area contributed by atoms with E-state index in [0.29, 0.717) is 36.0 Å². The molecule has 3 N–H and O–H groups in total. The molecule has 0 amide bonds. The first-order chi connectivity index (χ1) is 14.2. The highest BCUT2D eigenvalue weighted by atomic mass is 16.5. The largest absolute Gasteiger partial charge is 0.455 e. The van der Waals surface area contributed by atoms with Gasteiger partial charge in [0.2, 0.25) is 0 Å². The van der Waals surface area contributed by atoms with E-state index >= 15 is 0 Å². The van der Waals surface area contributed by atoms with Crippen LogP contribution in [0.25, 0.3) is 22.7 Å². The van der Waals surface area contributed by atoms with Gasteiger partial charge in [-0.15, -0.1) is 0 Å². The number of benzene rings is 2. The Balaban J connectivity index is 1.76. The maximum Gasteiger partial charge on any atom is 0.148 e. The molecule has 0 bridgehead atoms. The molecule has 2 aromatic carbocycles. The summed E-state index contributed by atoms with van der Waals surface area (Å²) in [5, 5.41) is 27.8. The predicted octanol–water partition coefficient (Wildman–Crippen LogP) is 2.69. The van der Waals surface area contributed by atoms with Crippen molar-refractivity contribution in [3.8, 4) is 11.8 Å². The van der Waals surface area contributed by atoms with E-state index in [2.05, 4.69) is 9.97 Å². The Labute approximate surface area is 167 Å². The molecule has 1 aliphatic heterocycles. The van der Waals surface area contributed by atoms with E-state index in [9.17, 15) is 15.5 Å². The van der Waals surface area contributed by atoms with E-state index in [-0.39, 0.29) is 13.2 Å². The maximum absolute atomic E-state index is 9.28. The molecule has 0 unspecified atom stereocenters. The number of ether oxygens (including phenoxy) is 1. The number of H-pyrrole nitrogens is 1. The number of aliphatic hydroxyl groups excluding tert-OH is 2. The van der Waals surface area contributed by atoms with Crippen molar-refractivity contribution in [3.63, 3.8) is 0 Å². The molecule has 2 heterocycles. The molecule has 1 aliphatic rings. The Hall–Kier alpha value is -3.60. The first kappa shape index (κ1) is 18.7. The van der Waals surface area contributed by atoms with Crippen molar-refractivity contribution in [2.24, 2.45) is 0 Å². The predicted molar refractivity (Wildman–Crippen MR) is 111 cm³/mol. The Kier molecular flexibility index (Phi) is 5.29. The Morgan fingerprint density at radius 2 is 1.93 bits per heavy atom. The summed E-state index contributed by atoms with van der Waals surface area (Å²) in [5.74, 6) is 1.64. The zero-order valence-corrected chi connectivity index (χ0v) is 15.7. The molecule has 0 aliphatic carbocycles. The van der Waals surface area contributed by atoms with E-state index in [1.54, 1.807) is 0 Å². The molecule has 7 nitrogen and oxygen atoms in total. The van der Waals surface area contributed by atoms with Gasteiger partial charge in [-0.05, 0) is 30.3 Å². The van der Waals surface area contributed by atoms with Crippen LogP contribution in [0.2, 0.25) is 0 Å². The summed E-state index contributed by atoms with van der Waals surface area (Å²) in [7, 11) is 0. The number of fused-ring (bicyclic) bond motifs is 2. The van der Waals surface area contributed by atoms with Gasteiger partial charge in [-0.25, -0.2) is 4.98 Å². The fourth-order valence-corrected chi connectivity index (χ4v) is 3.37. The van der Waals surface area contributed by atoms with Crippen LogP contribution in [0, 0.1) is 11.3 Å². The number of aromatic nitrogens is 2. The number of aliphatic hydroxyl groups is 2. The lowest BCUT2D eigenvalue weighted by atomic mass is 10.0. The first-order valence-electron chi connectivity index (χ1n) is 9.29. The molecule has 7 heteroatoms. The second-order valence-corrected chi connectivity index (χ2v) is 6.56. The summed E-state index contributed by atoms with van der Waals surface area (Å²) in [6.07, 6.45) is 3.29. The maximum atomic E-state index is 9.28. The van der Waals surface area contributed by atoms with Crippen molar-refractivity contribution in [2.75, 3.05) is 31.2 Å². The fourth-order valence-electron chi connectivity index (χ4n) is 3.37. The number of aromatic amines is 1. The van der Waals surface area contributed by atoms with Crippen LogP contribution in [0.1, 0.15) is 11.4 Å². The van der Waals surface area contributed by atoms with E-state index in [0.717, 1.165) is 22.3 Å². The number of para-hydroxylation sites is 2. The van der Waals surface area contributed by atoms with Crippen molar-refractivity contribution < 1.29 is 14.9 Å². The summed E-state index contributed by atoms with van der Waals surface area (Å²) in [6, 6.07) is 15.4. The third-order valence-electron chi connectivity index (χ3n) is 4.73. The number of nitriles is 1. The van der Waals surface area contributed by atoms with Crippen molar-refractivity contribution in [1.29, 1.82) is 5.26 Å². The van der Waals surface area contributed by atoms with Crippen LogP contribution in [0.3, 0.4) is 0 Å². The van der Waals surface area contributed by atoms with Gasteiger partial charge in [0.15, 0.2) is 0 Å². The fraction of sp³-hybridized carbons (Fsp3) is 0.182. The van der Waals surface area contributed by atoms with Gasteiger partial charge in [0.1, 0.15) is 17.3 Å². The Morgan fingerprint density at radius 1 is 1.14 bits per heavy atom. The summed E-state index contributed by atoms with van der Waals surface area (Å²) < 4.78 is 6.04. The van der Waals surface area contributed by atoms with Gasteiger partial charge in [-0.2, -0.15) is 5.26 Å². The molecule has 4 rings (SSSR count). The third kappa shape index (κ3) is 3.72. The van der Waals surface area contributed by atoms with Crippen LogP contribution in [-0.4, -0.2) is 46.5 Å². The Bertz CT molecular complexity index is 1100.